The van der Waals surface area contributed by atoms with Crippen molar-refractivity contribution in [2.75, 3.05) is 13.1 Å². The third-order valence-corrected chi connectivity index (χ3v) is 3.90. The van der Waals surface area contributed by atoms with Crippen molar-refractivity contribution < 1.29 is 9.90 Å². The number of carbonyl (C=O) groups is 1. The second-order valence-electron chi connectivity index (χ2n) is 5.50. The number of rotatable bonds is 4. The number of aromatic nitrogens is 2. The van der Waals surface area contributed by atoms with Gasteiger partial charge >= 0.3 is 5.97 Å². The maximum absolute atomic E-state index is 11.3. The summed E-state index contributed by atoms with van der Waals surface area (Å²) in [6.07, 6.45) is 3.69. The molecule has 0 unspecified atom stereocenters. The number of hydrogen-bond acceptors (Lipinski definition) is 3. The predicted octanol–water partition coefficient (Wildman–Crippen LogP) is 1.21. The summed E-state index contributed by atoms with van der Waals surface area (Å²) in [5.41, 5.74) is 0. The number of aliphatic carboxylic acids is 1. The van der Waals surface area contributed by atoms with Gasteiger partial charge in [0, 0.05) is 32.5 Å². The molecule has 1 aliphatic heterocycles. The van der Waals surface area contributed by atoms with Crippen molar-refractivity contribution in [2.24, 2.45) is 24.8 Å². The van der Waals surface area contributed by atoms with Crippen LogP contribution in [-0.2, 0) is 18.4 Å². The highest BCUT2D eigenvalue weighted by Gasteiger charge is 2.39. The van der Waals surface area contributed by atoms with Crippen molar-refractivity contribution in [1.29, 1.82) is 0 Å². The molecule has 1 aromatic rings. The first-order chi connectivity index (χ1) is 8.49. The molecule has 0 bridgehead atoms. The number of nitrogens with zero attached hydrogens (tertiary/aromatic N) is 3. The molecule has 5 heteroatoms. The van der Waals surface area contributed by atoms with E-state index in [1.807, 2.05) is 17.8 Å². The molecule has 1 aliphatic rings. The summed E-state index contributed by atoms with van der Waals surface area (Å²) in [6.45, 7) is 6.42. The molecule has 2 atom stereocenters. The Hall–Kier alpha value is -1.36. The topological polar surface area (TPSA) is 58.4 Å². The van der Waals surface area contributed by atoms with Gasteiger partial charge in [0.1, 0.15) is 5.82 Å². The van der Waals surface area contributed by atoms with E-state index in [2.05, 4.69) is 23.7 Å². The second kappa shape index (κ2) is 5.10. The quantitative estimate of drug-likeness (QED) is 0.874. The first-order valence-corrected chi connectivity index (χ1v) is 6.40. The number of carboxylic acids is 1. The molecule has 0 aliphatic carbocycles. The molecule has 0 radical (unpaired) electrons. The van der Waals surface area contributed by atoms with Crippen LogP contribution in [0.2, 0.25) is 0 Å². The Morgan fingerprint density at radius 1 is 1.56 bits per heavy atom. The average molecular weight is 251 g/mol. The van der Waals surface area contributed by atoms with Crippen molar-refractivity contribution in [3.05, 3.63) is 18.2 Å². The van der Waals surface area contributed by atoms with Gasteiger partial charge in [0.2, 0.25) is 0 Å². The predicted molar refractivity (Wildman–Crippen MR) is 67.9 cm³/mol. The molecule has 0 saturated carbocycles. The average Bonchev–Trinajstić information content (AvgIpc) is 2.87. The van der Waals surface area contributed by atoms with Crippen molar-refractivity contribution in [3.8, 4) is 0 Å². The minimum Gasteiger partial charge on any atom is -0.481 e. The molecule has 0 spiro atoms. The molecule has 2 heterocycles. The SMILES string of the molecule is CC(C)[C@H]1CN(Cc2nccn2C)C[C@@H]1C(=O)O. The van der Waals surface area contributed by atoms with Gasteiger partial charge in [-0.25, -0.2) is 4.98 Å². The van der Waals surface area contributed by atoms with E-state index < -0.39 is 5.97 Å². The summed E-state index contributed by atoms with van der Waals surface area (Å²) < 4.78 is 1.98. The molecule has 1 saturated heterocycles. The summed E-state index contributed by atoms with van der Waals surface area (Å²) in [4.78, 5) is 17.8. The monoisotopic (exact) mass is 251 g/mol. The lowest BCUT2D eigenvalue weighted by atomic mass is 9.86. The molecule has 2 rings (SSSR count). The zero-order chi connectivity index (χ0) is 13.3. The molecular weight excluding hydrogens is 230 g/mol. The lowest BCUT2D eigenvalue weighted by Crippen LogP contribution is -2.25. The van der Waals surface area contributed by atoms with Crippen LogP contribution >= 0.6 is 0 Å². The Bertz CT molecular complexity index is 428. The summed E-state index contributed by atoms with van der Waals surface area (Å²) >= 11 is 0. The molecule has 0 amide bonds. The van der Waals surface area contributed by atoms with Crippen LogP contribution in [0.3, 0.4) is 0 Å². The third kappa shape index (κ3) is 2.56. The Kier molecular flexibility index (Phi) is 3.71. The molecule has 100 valence electrons. The highest BCUT2D eigenvalue weighted by Crippen LogP contribution is 2.30. The Morgan fingerprint density at radius 2 is 2.28 bits per heavy atom. The highest BCUT2D eigenvalue weighted by molar-refractivity contribution is 5.71. The van der Waals surface area contributed by atoms with Crippen molar-refractivity contribution in [3.63, 3.8) is 0 Å². The Morgan fingerprint density at radius 3 is 2.72 bits per heavy atom. The summed E-state index contributed by atoms with van der Waals surface area (Å²) in [6, 6.07) is 0. The summed E-state index contributed by atoms with van der Waals surface area (Å²) in [5, 5.41) is 9.28. The largest absolute Gasteiger partial charge is 0.481 e. The zero-order valence-corrected chi connectivity index (χ0v) is 11.2. The van der Waals surface area contributed by atoms with Crippen molar-refractivity contribution >= 4 is 5.97 Å². The van der Waals surface area contributed by atoms with Gasteiger partial charge in [-0.15, -0.1) is 0 Å². The van der Waals surface area contributed by atoms with Crippen LogP contribution in [0, 0.1) is 17.8 Å². The van der Waals surface area contributed by atoms with Crippen LogP contribution in [0.25, 0.3) is 0 Å². The number of imidazole rings is 1. The molecule has 18 heavy (non-hydrogen) atoms. The van der Waals surface area contributed by atoms with Crippen LogP contribution in [-0.4, -0.2) is 38.6 Å². The summed E-state index contributed by atoms with van der Waals surface area (Å²) in [7, 11) is 1.97. The number of hydrogen-bond donors (Lipinski definition) is 1. The first-order valence-electron chi connectivity index (χ1n) is 6.40. The molecule has 1 aromatic heterocycles. The first kappa shape index (κ1) is 13.1. The third-order valence-electron chi connectivity index (χ3n) is 3.90. The minimum atomic E-state index is -0.670. The van der Waals surface area contributed by atoms with Crippen molar-refractivity contribution in [1.82, 2.24) is 14.5 Å². The van der Waals surface area contributed by atoms with Crippen LogP contribution in [0.5, 0.6) is 0 Å². The normalized spacial score (nSPS) is 24.9. The standard InChI is InChI=1S/C13H21N3O2/c1-9(2)10-6-16(7-11(10)13(17)18)8-12-14-4-5-15(12)3/h4-5,9-11H,6-8H2,1-3H3,(H,17,18)/t10-,11+/m1/s1. The number of likely N-dealkylation sites (tertiary alicyclic amines) is 1. The fraction of sp³-hybridized carbons (Fsp3) is 0.692. The fourth-order valence-electron chi connectivity index (χ4n) is 2.73. The molecule has 1 N–H and O–H groups in total. The molecule has 1 fully saturated rings. The van der Waals surface area contributed by atoms with Crippen LogP contribution < -0.4 is 0 Å². The number of aryl methyl sites for hydroxylation is 1. The lowest BCUT2D eigenvalue weighted by Gasteiger charge is -2.18. The second-order valence-corrected chi connectivity index (χ2v) is 5.50. The molecular formula is C13H21N3O2. The van der Waals surface area contributed by atoms with Gasteiger partial charge in [-0.2, -0.15) is 0 Å². The Balaban J connectivity index is 2.05. The zero-order valence-electron chi connectivity index (χ0n) is 11.2. The maximum Gasteiger partial charge on any atom is 0.308 e. The molecule has 5 nitrogen and oxygen atoms in total. The minimum absolute atomic E-state index is 0.239. The van der Waals surface area contributed by atoms with E-state index in [1.165, 1.54) is 0 Å². The van der Waals surface area contributed by atoms with Crippen LogP contribution in [0.15, 0.2) is 12.4 Å². The van der Waals surface area contributed by atoms with E-state index in [0.29, 0.717) is 12.5 Å². The fourth-order valence-corrected chi connectivity index (χ4v) is 2.73. The molecule has 0 aromatic carbocycles. The van der Waals surface area contributed by atoms with Gasteiger partial charge in [0.15, 0.2) is 0 Å². The van der Waals surface area contributed by atoms with E-state index in [9.17, 15) is 9.90 Å². The van der Waals surface area contributed by atoms with Gasteiger partial charge in [-0.3, -0.25) is 9.69 Å². The summed E-state index contributed by atoms with van der Waals surface area (Å²) in [5.74, 6) is 0.713. The van der Waals surface area contributed by atoms with E-state index in [0.717, 1.165) is 18.9 Å². The van der Waals surface area contributed by atoms with E-state index >= 15 is 0 Å². The van der Waals surface area contributed by atoms with Crippen molar-refractivity contribution in [2.45, 2.75) is 20.4 Å². The lowest BCUT2D eigenvalue weighted by molar-refractivity contribution is -0.143. The van der Waals surface area contributed by atoms with Gasteiger partial charge in [0.25, 0.3) is 0 Å². The van der Waals surface area contributed by atoms with Gasteiger partial charge in [-0.05, 0) is 11.8 Å². The van der Waals surface area contributed by atoms with Gasteiger partial charge < -0.3 is 9.67 Å². The van der Waals surface area contributed by atoms with Crippen LogP contribution in [0.1, 0.15) is 19.7 Å². The van der Waals surface area contributed by atoms with Crippen LogP contribution in [0.4, 0.5) is 0 Å². The van der Waals surface area contributed by atoms with E-state index in [-0.39, 0.29) is 11.8 Å². The Labute approximate surface area is 107 Å². The highest BCUT2D eigenvalue weighted by atomic mass is 16.4. The maximum atomic E-state index is 11.3. The van der Waals surface area contributed by atoms with E-state index in [4.69, 9.17) is 0 Å². The van der Waals surface area contributed by atoms with Gasteiger partial charge in [-0.1, -0.05) is 13.8 Å². The smallest absolute Gasteiger partial charge is 0.308 e. The van der Waals surface area contributed by atoms with Gasteiger partial charge in [0.05, 0.1) is 12.5 Å². The van der Waals surface area contributed by atoms with E-state index in [1.54, 1.807) is 6.20 Å². The number of carboxylic acid groups (broad SMARTS) is 1.